The summed E-state index contributed by atoms with van der Waals surface area (Å²) >= 11 is 1.69. The van der Waals surface area contributed by atoms with Gasteiger partial charge in [0.05, 0.1) is 4.92 Å². The molecule has 8 heteroatoms. The molecule has 2 N–H and O–H groups in total. The van der Waals surface area contributed by atoms with Crippen molar-refractivity contribution in [2.45, 2.75) is 19.8 Å². The van der Waals surface area contributed by atoms with Crippen molar-refractivity contribution in [1.82, 2.24) is 10.3 Å². The summed E-state index contributed by atoms with van der Waals surface area (Å²) in [6.07, 6.45) is 4.83. The fourth-order valence-corrected chi connectivity index (χ4v) is 2.07. The standard InChI is InChI=1S/C13H20N4O3S/c1-3-5-14-12-8-10(11(9-16-12)17(19)20)13(18)15-6-4-7-21-2/h8-9H,3-7H2,1-2H3,(H,14,16)(H,15,18). The van der Waals surface area contributed by atoms with E-state index in [1.807, 2.05) is 13.2 Å². The second-order valence-electron chi connectivity index (χ2n) is 4.37. The number of pyridine rings is 1. The molecule has 0 aliphatic rings. The highest BCUT2D eigenvalue weighted by Crippen LogP contribution is 2.20. The number of thioether (sulfide) groups is 1. The predicted molar refractivity (Wildman–Crippen MR) is 85.0 cm³/mol. The average molecular weight is 312 g/mol. The van der Waals surface area contributed by atoms with Gasteiger partial charge in [0.25, 0.3) is 11.6 Å². The van der Waals surface area contributed by atoms with E-state index in [4.69, 9.17) is 0 Å². The van der Waals surface area contributed by atoms with Crippen LogP contribution in [0.4, 0.5) is 11.5 Å². The maximum Gasteiger partial charge on any atom is 0.300 e. The van der Waals surface area contributed by atoms with Crippen LogP contribution in [0.3, 0.4) is 0 Å². The fourth-order valence-electron chi connectivity index (χ4n) is 1.64. The van der Waals surface area contributed by atoms with Gasteiger partial charge < -0.3 is 10.6 Å². The molecule has 116 valence electrons. The van der Waals surface area contributed by atoms with Gasteiger partial charge in [-0.1, -0.05) is 6.92 Å². The highest BCUT2D eigenvalue weighted by atomic mass is 32.2. The van der Waals surface area contributed by atoms with Gasteiger partial charge in [-0.3, -0.25) is 14.9 Å². The summed E-state index contributed by atoms with van der Waals surface area (Å²) in [6.45, 7) is 3.19. The lowest BCUT2D eigenvalue weighted by molar-refractivity contribution is -0.385. The van der Waals surface area contributed by atoms with Gasteiger partial charge in [0.15, 0.2) is 0 Å². The highest BCUT2D eigenvalue weighted by Gasteiger charge is 2.21. The number of nitro groups is 1. The first kappa shape index (κ1) is 17.2. The summed E-state index contributed by atoms with van der Waals surface area (Å²) in [6, 6.07) is 1.43. The van der Waals surface area contributed by atoms with Crippen molar-refractivity contribution in [1.29, 1.82) is 0 Å². The molecule has 0 radical (unpaired) electrons. The second kappa shape index (κ2) is 9.17. The second-order valence-corrected chi connectivity index (χ2v) is 5.36. The van der Waals surface area contributed by atoms with Crippen molar-refractivity contribution in [3.63, 3.8) is 0 Å². The van der Waals surface area contributed by atoms with E-state index in [1.165, 1.54) is 6.07 Å². The normalized spacial score (nSPS) is 10.2. The van der Waals surface area contributed by atoms with Crippen LogP contribution in [0.5, 0.6) is 0 Å². The van der Waals surface area contributed by atoms with Crippen LogP contribution < -0.4 is 10.6 Å². The highest BCUT2D eigenvalue weighted by molar-refractivity contribution is 7.98. The predicted octanol–water partition coefficient (Wildman–Crippen LogP) is 2.29. The largest absolute Gasteiger partial charge is 0.370 e. The third-order valence-corrected chi connectivity index (χ3v) is 3.39. The molecule has 0 fully saturated rings. The molecule has 1 heterocycles. The minimum atomic E-state index is -0.590. The molecular formula is C13H20N4O3S. The van der Waals surface area contributed by atoms with Gasteiger partial charge in [-0.2, -0.15) is 11.8 Å². The number of carbonyl (C=O) groups excluding carboxylic acids is 1. The molecule has 21 heavy (non-hydrogen) atoms. The van der Waals surface area contributed by atoms with Crippen molar-refractivity contribution in [2.24, 2.45) is 0 Å². The molecule has 0 unspecified atom stereocenters. The lowest BCUT2D eigenvalue weighted by Gasteiger charge is -2.08. The Morgan fingerprint density at radius 3 is 2.86 bits per heavy atom. The Kier molecular flexibility index (Phi) is 7.52. The molecule has 1 rings (SSSR count). The summed E-state index contributed by atoms with van der Waals surface area (Å²) in [5.74, 6) is 0.962. The van der Waals surface area contributed by atoms with Crippen LogP contribution in [-0.2, 0) is 0 Å². The molecule has 1 aromatic rings. The van der Waals surface area contributed by atoms with Gasteiger partial charge in [0.1, 0.15) is 17.6 Å². The molecule has 0 bridgehead atoms. The van der Waals surface area contributed by atoms with Gasteiger partial charge in [-0.25, -0.2) is 4.98 Å². The van der Waals surface area contributed by atoms with E-state index in [2.05, 4.69) is 15.6 Å². The zero-order valence-electron chi connectivity index (χ0n) is 12.2. The topological polar surface area (TPSA) is 97.2 Å². The Hall–Kier alpha value is -1.83. The molecule has 7 nitrogen and oxygen atoms in total. The first-order valence-corrected chi connectivity index (χ1v) is 8.15. The zero-order valence-corrected chi connectivity index (χ0v) is 13.0. The Morgan fingerprint density at radius 1 is 1.48 bits per heavy atom. The average Bonchev–Trinajstić information content (AvgIpc) is 2.48. The number of hydrogen-bond acceptors (Lipinski definition) is 6. The third-order valence-electron chi connectivity index (χ3n) is 2.69. The number of rotatable bonds is 9. The number of aromatic nitrogens is 1. The smallest absolute Gasteiger partial charge is 0.300 e. The van der Waals surface area contributed by atoms with Crippen molar-refractivity contribution in [2.75, 3.05) is 30.4 Å². The van der Waals surface area contributed by atoms with Crippen LogP contribution in [0.2, 0.25) is 0 Å². The molecule has 0 spiro atoms. The fraction of sp³-hybridized carbons (Fsp3) is 0.538. The van der Waals surface area contributed by atoms with Crippen molar-refractivity contribution in [3.05, 3.63) is 27.9 Å². The SMILES string of the molecule is CCCNc1cc(C(=O)NCCCSC)c([N+](=O)[O-])cn1. The van der Waals surface area contributed by atoms with Gasteiger partial charge in [-0.05, 0) is 24.9 Å². The Labute approximate surface area is 128 Å². The van der Waals surface area contributed by atoms with Crippen molar-refractivity contribution >= 4 is 29.2 Å². The number of nitrogens with zero attached hydrogens (tertiary/aromatic N) is 2. The van der Waals surface area contributed by atoms with Crippen LogP contribution in [-0.4, -0.2) is 40.9 Å². The first-order valence-electron chi connectivity index (χ1n) is 6.75. The van der Waals surface area contributed by atoms with Crippen molar-refractivity contribution in [3.8, 4) is 0 Å². The lowest BCUT2D eigenvalue weighted by Crippen LogP contribution is -2.26. The van der Waals surface area contributed by atoms with E-state index in [1.54, 1.807) is 11.8 Å². The van der Waals surface area contributed by atoms with Gasteiger partial charge in [0, 0.05) is 19.2 Å². The van der Waals surface area contributed by atoms with E-state index < -0.39 is 10.8 Å². The Balaban J connectivity index is 2.84. The first-order chi connectivity index (χ1) is 10.1. The van der Waals surface area contributed by atoms with Crippen LogP contribution in [0, 0.1) is 10.1 Å². The molecule has 0 aromatic carbocycles. The third kappa shape index (κ3) is 5.58. The molecule has 0 saturated carbocycles. The van der Waals surface area contributed by atoms with Crippen LogP contribution >= 0.6 is 11.8 Å². The van der Waals surface area contributed by atoms with E-state index in [0.717, 1.165) is 24.8 Å². The molecule has 1 aromatic heterocycles. The maximum absolute atomic E-state index is 12.1. The van der Waals surface area contributed by atoms with E-state index in [0.29, 0.717) is 18.9 Å². The summed E-state index contributed by atoms with van der Waals surface area (Å²) < 4.78 is 0. The van der Waals surface area contributed by atoms with Crippen LogP contribution in [0.15, 0.2) is 12.3 Å². The Morgan fingerprint density at radius 2 is 2.24 bits per heavy atom. The lowest BCUT2D eigenvalue weighted by atomic mass is 10.2. The van der Waals surface area contributed by atoms with Gasteiger partial charge >= 0.3 is 0 Å². The quantitative estimate of drug-likeness (QED) is 0.412. The van der Waals surface area contributed by atoms with Crippen LogP contribution in [0.25, 0.3) is 0 Å². The maximum atomic E-state index is 12.1. The van der Waals surface area contributed by atoms with E-state index >= 15 is 0 Å². The van der Waals surface area contributed by atoms with Crippen molar-refractivity contribution < 1.29 is 9.72 Å². The molecule has 0 aliphatic carbocycles. The van der Waals surface area contributed by atoms with Gasteiger partial charge in [-0.15, -0.1) is 0 Å². The molecule has 0 atom stereocenters. The van der Waals surface area contributed by atoms with E-state index in [-0.39, 0.29) is 11.3 Å². The molecule has 0 aliphatic heterocycles. The minimum Gasteiger partial charge on any atom is -0.370 e. The summed E-state index contributed by atoms with van der Waals surface area (Å²) in [7, 11) is 0. The number of anilines is 1. The summed E-state index contributed by atoms with van der Waals surface area (Å²) in [5.41, 5.74) is -0.239. The minimum absolute atomic E-state index is 0.0396. The summed E-state index contributed by atoms with van der Waals surface area (Å²) in [4.78, 5) is 26.4. The number of hydrogen-bond donors (Lipinski definition) is 2. The molecule has 0 saturated heterocycles. The summed E-state index contributed by atoms with van der Waals surface area (Å²) in [5, 5.41) is 16.7. The molecular weight excluding hydrogens is 292 g/mol. The number of carbonyl (C=O) groups is 1. The monoisotopic (exact) mass is 312 g/mol. The van der Waals surface area contributed by atoms with E-state index in [9.17, 15) is 14.9 Å². The van der Waals surface area contributed by atoms with Gasteiger partial charge in [0.2, 0.25) is 0 Å². The zero-order chi connectivity index (χ0) is 15.7. The molecule has 1 amide bonds. The number of amides is 1. The van der Waals surface area contributed by atoms with Crippen LogP contribution in [0.1, 0.15) is 30.1 Å². The Bertz CT molecular complexity index is 496. The number of nitrogens with one attached hydrogen (secondary N) is 2.